The largest absolute Gasteiger partial charge is 0.497 e. The Kier molecular flexibility index (Phi) is 4.78. The van der Waals surface area contributed by atoms with Gasteiger partial charge in [-0.1, -0.05) is 12.1 Å². The minimum absolute atomic E-state index is 0.0124. The van der Waals surface area contributed by atoms with E-state index >= 15 is 0 Å². The summed E-state index contributed by atoms with van der Waals surface area (Å²) in [7, 11) is 1.54. The molecule has 156 valence electrons. The summed E-state index contributed by atoms with van der Waals surface area (Å²) in [5, 5.41) is 14.0. The van der Waals surface area contributed by atoms with Crippen molar-refractivity contribution in [3.05, 3.63) is 63.2 Å². The molecule has 3 amide bonds. The molecule has 2 heterocycles. The quantitative estimate of drug-likeness (QED) is 0.454. The number of nitrogens with zero attached hydrogens (tertiary/aromatic N) is 2. The van der Waals surface area contributed by atoms with Gasteiger partial charge in [0.05, 0.1) is 25.2 Å². The van der Waals surface area contributed by atoms with Gasteiger partial charge >= 0.3 is 6.03 Å². The zero-order chi connectivity index (χ0) is 21.5. The minimum atomic E-state index is -1.27. The number of hydrogen-bond acceptors (Lipinski definition) is 7. The van der Waals surface area contributed by atoms with Gasteiger partial charge in [0.25, 0.3) is 11.6 Å². The lowest BCUT2D eigenvalue weighted by Gasteiger charge is -2.24. The van der Waals surface area contributed by atoms with Gasteiger partial charge in [-0.05, 0) is 24.6 Å². The van der Waals surface area contributed by atoms with Crippen LogP contribution in [0.25, 0.3) is 0 Å². The molecule has 2 aromatic rings. The Hall–Kier alpha value is -3.66. The number of hydrogen-bond donors (Lipinski definition) is 1. The summed E-state index contributed by atoms with van der Waals surface area (Å²) >= 11 is 0. The number of benzene rings is 2. The molecule has 0 aliphatic carbocycles. The van der Waals surface area contributed by atoms with Crippen LogP contribution in [0.15, 0.2) is 36.4 Å². The second-order valence-corrected chi connectivity index (χ2v) is 7.14. The molecule has 10 nitrogen and oxygen atoms in total. The first-order valence-corrected chi connectivity index (χ1v) is 9.13. The fourth-order valence-corrected chi connectivity index (χ4v) is 3.63. The fraction of sp³-hybridized carbons (Fsp3) is 0.300. The third-order valence-corrected chi connectivity index (χ3v) is 5.25. The number of nitro groups is 1. The standard InChI is InChI=1S/C20H19N3O7/c1-20(14-3-5-16(28-2)6-4-14)18(24)22(19(25)21-20)9-12-7-15(23(26)27)8-13-10-29-11-30-17(12)13/h3-8H,9-11H2,1-2H3,(H,21,25). The van der Waals surface area contributed by atoms with E-state index in [1.165, 1.54) is 19.2 Å². The average Bonchev–Trinajstić information content (AvgIpc) is 2.97. The summed E-state index contributed by atoms with van der Waals surface area (Å²) < 4.78 is 15.8. The summed E-state index contributed by atoms with van der Waals surface area (Å²) in [5.41, 5.74) is 0.0202. The second-order valence-electron chi connectivity index (χ2n) is 7.14. The zero-order valence-electron chi connectivity index (χ0n) is 16.3. The van der Waals surface area contributed by atoms with Gasteiger partial charge in [0.15, 0.2) is 6.79 Å². The molecular formula is C20H19N3O7. The molecule has 0 saturated carbocycles. The first-order chi connectivity index (χ1) is 14.3. The lowest BCUT2D eigenvalue weighted by atomic mass is 9.92. The highest BCUT2D eigenvalue weighted by Crippen LogP contribution is 2.36. The maximum atomic E-state index is 13.2. The molecule has 1 N–H and O–H groups in total. The molecule has 1 unspecified atom stereocenters. The highest BCUT2D eigenvalue weighted by Gasteiger charge is 2.49. The number of carbonyl (C=O) groups excluding carboxylic acids is 2. The molecule has 10 heteroatoms. The van der Waals surface area contributed by atoms with Crippen molar-refractivity contribution in [2.45, 2.75) is 25.6 Å². The average molecular weight is 413 g/mol. The molecule has 30 heavy (non-hydrogen) atoms. The van der Waals surface area contributed by atoms with E-state index in [9.17, 15) is 19.7 Å². The van der Waals surface area contributed by atoms with E-state index < -0.39 is 22.4 Å². The SMILES string of the molecule is COc1ccc(C2(C)NC(=O)N(Cc3cc([N+](=O)[O-])cc4c3OCOC4)C2=O)cc1. The number of carbonyl (C=O) groups is 2. The minimum Gasteiger partial charge on any atom is -0.497 e. The van der Waals surface area contributed by atoms with Crippen molar-refractivity contribution >= 4 is 17.6 Å². The summed E-state index contributed by atoms with van der Waals surface area (Å²) in [6.07, 6.45) is 0. The molecule has 2 aliphatic rings. The Bertz CT molecular complexity index is 1040. The number of non-ortho nitro benzene ring substituents is 1. The Morgan fingerprint density at radius 1 is 1.27 bits per heavy atom. The first-order valence-electron chi connectivity index (χ1n) is 9.13. The zero-order valence-corrected chi connectivity index (χ0v) is 16.3. The maximum Gasteiger partial charge on any atom is 0.325 e. The van der Waals surface area contributed by atoms with Crippen LogP contribution in [-0.4, -0.2) is 35.7 Å². The number of imide groups is 1. The van der Waals surface area contributed by atoms with Crippen LogP contribution in [0.5, 0.6) is 11.5 Å². The number of ether oxygens (including phenoxy) is 3. The monoisotopic (exact) mass is 413 g/mol. The summed E-state index contributed by atoms with van der Waals surface area (Å²) in [5.74, 6) is 0.550. The number of nitro benzene ring substituents is 1. The van der Waals surface area contributed by atoms with Crippen LogP contribution >= 0.6 is 0 Å². The molecule has 4 rings (SSSR count). The number of rotatable bonds is 5. The Morgan fingerprint density at radius 2 is 2.00 bits per heavy atom. The van der Waals surface area contributed by atoms with E-state index in [0.29, 0.717) is 28.2 Å². The van der Waals surface area contributed by atoms with Gasteiger partial charge in [-0.3, -0.25) is 19.8 Å². The summed E-state index contributed by atoms with van der Waals surface area (Å²) in [4.78, 5) is 37.6. The lowest BCUT2D eigenvalue weighted by molar-refractivity contribution is -0.385. The molecule has 0 bridgehead atoms. The van der Waals surface area contributed by atoms with Crippen molar-refractivity contribution in [2.75, 3.05) is 13.9 Å². The van der Waals surface area contributed by atoms with E-state index in [1.54, 1.807) is 31.2 Å². The Labute approximate surface area is 171 Å². The van der Waals surface area contributed by atoms with Crippen LogP contribution in [0.4, 0.5) is 10.5 Å². The highest BCUT2D eigenvalue weighted by atomic mass is 16.7. The van der Waals surface area contributed by atoms with Crippen LogP contribution in [0.2, 0.25) is 0 Å². The second kappa shape index (κ2) is 7.30. The van der Waals surface area contributed by atoms with Crippen molar-refractivity contribution in [1.82, 2.24) is 10.2 Å². The van der Waals surface area contributed by atoms with E-state index in [1.807, 2.05) is 0 Å². The van der Waals surface area contributed by atoms with Crippen LogP contribution < -0.4 is 14.8 Å². The van der Waals surface area contributed by atoms with Gasteiger partial charge in [0.2, 0.25) is 0 Å². The normalized spacial score (nSPS) is 20.4. The topological polar surface area (TPSA) is 120 Å². The summed E-state index contributed by atoms with van der Waals surface area (Å²) in [6, 6.07) is 8.90. The van der Waals surface area contributed by atoms with Crippen molar-refractivity contribution in [1.29, 1.82) is 0 Å². The van der Waals surface area contributed by atoms with Gasteiger partial charge in [0, 0.05) is 23.3 Å². The predicted molar refractivity (Wildman–Crippen MR) is 103 cm³/mol. The van der Waals surface area contributed by atoms with Gasteiger partial charge < -0.3 is 19.5 Å². The fourth-order valence-electron chi connectivity index (χ4n) is 3.63. The third kappa shape index (κ3) is 3.20. The predicted octanol–water partition coefficient (Wildman–Crippen LogP) is 2.44. The molecular weight excluding hydrogens is 394 g/mol. The van der Waals surface area contributed by atoms with Crippen LogP contribution in [0, 0.1) is 10.1 Å². The Morgan fingerprint density at radius 3 is 2.67 bits per heavy atom. The Balaban J connectivity index is 1.67. The van der Waals surface area contributed by atoms with Crippen molar-refractivity contribution in [3.8, 4) is 11.5 Å². The molecule has 0 radical (unpaired) electrons. The van der Waals surface area contributed by atoms with Crippen LogP contribution in [-0.2, 0) is 28.2 Å². The van der Waals surface area contributed by atoms with Gasteiger partial charge in [0.1, 0.15) is 17.0 Å². The molecule has 2 aromatic carbocycles. The van der Waals surface area contributed by atoms with Crippen LogP contribution in [0.3, 0.4) is 0 Å². The smallest absolute Gasteiger partial charge is 0.325 e. The molecule has 2 aliphatic heterocycles. The molecule has 1 atom stereocenters. The summed E-state index contributed by atoms with van der Waals surface area (Å²) in [6.45, 7) is 1.58. The van der Waals surface area contributed by atoms with E-state index in [2.05, 4.69) is 5.32 Å². The highest BCUT2D eigenvalue weighted by molar-refractivity contribution is 6.07. The van der Waals surface area contributed by atoms with Gasteiger partial charge in [-0.15, -0.1) is 0 Å². The van der Waals surface area contributed by atoms with Crippen molar-refractivity contribution in [3.63, 3.8) is 0 Å². The molecule has 1 fully saturated rings. The number of methoxy groups -OCH3 is 1. The first kappa shape index (κ1) is 19.6. The van der Waals surface area contributed by atoms with Crippen molar-refractivity contribution < 1.29 is 28.7 Å². The molecule has 0 aromatic heterocycles. The van der Waals surface area contributed by atoms with E-state index in [-0.39, 0.29) is 25.6 Å². The lowest BCUT2D eigenvalue weighted by Crippen LogP contribution is -2.40. The molecule has 0 spiro atoms. The number of fused-ring (bicyclic) bond motifs is 1. The van der Waals surface area contributed by atoms with Gasteiger partial charge in [-0.2, -0.15) is 0 Å². The van der Waals surface area contributed by atoms with E-state index in [0.717, 1.165) is 4.90 Å². The van der Waals surface area contributed by atoms with Crippen LogP contribution in [0.1, 0.15) is 23.6 Å². The number of nitrogens with one attached hydrogen (secondary N) is 1. The number of urea groups is 1. The van der Waals surface area contributed by atoms with Crippen molar-refractivity contribution in [2.24, 2.45) is 0 Å². The maximum absolute atomic E-state index is 13.2. The van der Waals surface area contributed by atoms with E-state index in [4.69, 9.17) is 14.2 Å². The number of amides is 3. The van der Waals surface area contributed by atoms with Gasteiger partial charge in [-0.25, -0.2) is 4.79 Å². The molecule has 1 saturated heterocycles. The third-order valence-electron chi connectivity index (χ3n) is 5.25.